The van der Waals surface area contributed by atoms with E-state index in [9.17, 15) is 5.11 Å². The number of anilines is 1. The fourth-order valence-corrected chi connectivity index (χ4v) is 3.99. The van der Waals surface area contributed by atoms with Crippen LogP contribution in [-0.2, 0) is 0 Å². The molecule has 0 aromatic carbocycles. The molecule has 3 atom stereocenters. The molecule has 1 aromatic heterocycles. The van der Waals surface area contributed by atoms with E-state index in [-0.39, 0.29) is 12.0 Å². The van der Waals surface area contributed by atoms with E-state index in [4.69, 9.17) is 5.73 Å². The predicted molar refractivity (Wildman–Crippen MR) is 90.9 cm³/mol. The van der Waals surface area contributed by atoms with Crippen LogP contribution in [0, 0.1) is 5.92 Å². The number of aliphatic hydroxyl groups is 1. The second-order valence-electron chi connectivity index (χ2n) is 6.31. The minimum absolute atomic E-state index is 0.143. The minimum atomic E-state index is -0.237. The highest BCUT2D eigenvalue weighted by molar-refractivity contribution is 7.99. The summed E-state index contributed by atoms with van der Waals surface area (Å²) in [6.07, 6.45) is 3.16. The highest BCUT2D eigenvalue weighted by Gasteiger charge is 2.34. The number of nitrogen functional groups attached to an aromatic ring is 1. The van der Waals surface area contributed by atoms with Crippen LogP contribution in [0.5, 0.6) is 0 Å². The summed E-state index contributed by atoms with van der Waals surface area (Å²) in [5, 5.41) is 10.9. The first kappa shape index (κ1) is 15.7. The fraction of sp³-hybridized carbons (Fsp3) is 0.667. The number of aliphatic imine (C=N–C) groups is 1. The van der Waals surface area contributed by atoms with Crippen molar-refractivity contribution in [2.24, 2.45) is 10.9 Å². The Kier molecular flexibility index (Phi) is 4.65. The van der Waals surface area contributed by atoms with Gasteiger partial charge in [0.2, 0.25) is 0 Å². The molecule has 0 radical (unpaired) electrons. The molecule has 3 N–H and O–H groups in total. The normalized spacial score (nSPS) is 27.7. The summed E-state index contributed by atoms with van der Waals surface area (Å²) in [5.41, 5.74) is 7.45. The number of thioether (sulfide) groups is 1. The van der Waals surface area contributed by atoms with Crippen molar-refractivity contribution in [2.75, 3.05) is 31.1 Å². The lowest BCUT2D eigenvalue weighted by Gasteiger charge is -2.19. The zero-order valence-corrected chi connectivity index (χ0v) is 13.8. The number of hydrogen-bond donors (Lipinski definition) is 2. The van der Waals surface area contributed by atoms with Crippen LogP contribution in [0.2, 0.25) is 0 Å². The lowest BCUT2D eigenvalue weighted by Crippen LogP contribution is -2.27. The van der Waals surface area contributed by atoms with E-state index >= 15 is 0 Å². The van der Waals surface area contributed by atoms with Gasteiger partial charge in [-0.05, 0) is 5.25 Å². The van der Waals surface area contributed by atoms with Crippen LogP contribution in [0.4, 0.5) is 11.5 Å². The summed E-state index contributed by atoms with van der Waals surface area (Å²) >= 11 is 1.92. The van der Waals surface area contributed by atoms with Gasteiger partial charge < -0.3 is 10.8 Å². The molecule has 2 aliphatic heterocycles. The van der Waals surface area contributed by atoms with Crippen LogP contribution in [0.3, 0.4) is 0 Å². The van der Waals surface area contributed by atoms with Crippen molar-refractivity contribution in [1.29, 1.82) is 0 Å². The third kappa shape index (κ3) is 3.26. The lowest BCUT2D eigenvalue weighted by molar-refractivity contribution is 0.150. The van der Waals surface area contributed by atoms with Gasteiger partial charge in [-0.15, -0.1) is 0 Å². The second-order valence-corrected chi connectivity index (χ2v) is 7.91. The van der Waals surface area contributed by atoms with Crippen LogP contribution in [0.25, 0.3) is 0 Å². The summed E-state index contributed by atoms with van der Waals surface area (Å²) in [5.74, 6) is 1.95. The van der Waals surface area contributed by atoms with Crippen molar-refractivity contribution in [3.05, 3.63) is 12.0 Å². The van der Waals surface area contributed by atoms with Crippen LogP contribution in [0.15, 0.2) is 11.3 Å². The van der Waals surface area contributed by atoms with Crippen LogP contribution in [-0.4, -0.2) is 62.9 Å². The first-order valence-electron chi connectivity index (χ1n) is 7.71. The molecule has 1 saturated heterocycles. The molecule has 22 heavy (non-hydrogen) atoms. The van der Waals surface area contributed by atoms with E-state index in [1.165, 1.54) is 6.33 Å². The smallest absolute Gasteiger partial charge is 0.153 e. The zero-order valence-electron chi connectivity index (χ0n) is 13.0. The average Bonchev–Trinajstić information content (AvgIpc) is 3.02. The van der Waals surface area contributed by atoms with Crippen molar-refractivity contribution < 1.29 is 5.11 Å². The molecule has 0 spiro atoms. The molecule has 0 bridgehead atoms. The molecule has 120 valence electrons. The maximum absolute atomic E-state index is 10.3. The first-order valence-corrected chi connectivity index (χ1v) is 8.76. The molecule has 2 aliphatic rings. The Morgan fingerprint density at radius 1 is 1.41 bits per heavy atom. The van der Waals surface area contributed by atoms with Gasteiger partial charge >= 0.3 is 0 Å². The van der Waals surface area contributed by atoms with Crippen molar-refractivity contribution in [1.82, 2.24) is 14.9 Å². The predicted octanol–water partition coefficient (Wildman–Crippen LogP) is 1.29. The number of rotatable bonds is 5. The van der Waals surface area contributed by atoms with Gasteiger partial charge in [0.1, 0.15) is 12.0 Å². The number of likely N-dealkylation sites (tertiary alicyclic amines) is 1. The van der Waals surface area contributed by atoms with E-state index < -0.39 is 0 Å². The van der Waals surface area contributed by atoms with Gasteiger partial charge in [-0.25, -0.2) is 9.97 Å². The molecule has 7 heteroatoms. The van der Waals surface area contributed by atoms with Gasteiger partial charge in [0.15, 0.2) is 5.82 Å². The van der Waals surface area contributed by atoms with Crippen molar-refractivity contribution in [2.45, 2.75) is 31.1 Å². The topological polar surface area (TPSA) is 87.6 Å². The van der Waals surface area contributed by atoms with Gasteiger partial charge in [-0.2, -0.15) is 11.8 Å². The van der Waals surface area contributed by atoms with Crippen LogP contribution in [0.1, 0.15) is 25.5 Å². The SMILES string of the molecule is CC(C)SC[C@H]1CN(CC2C=Nc3c(N)ncnc32)C[C@@H]1O. The monoisotopic (exact) mass is 321 g/mol. The molecule has 3 heterocycles. The summed E-state index contributed by atoms with van der Waals surface area (Å²) in [4.78, 5) is 15.0. The fourth-order valence-electron chi connectivity index (χ4n) is 3.03. The van der Waals surface area contributed by atoms with E-state index in [0.717, 1.165) is 31.1 Å². The van der Waals surface area contributed by atoms with Crippen molar-refractivity contribution in [3.63, 3.8) is 0 Å². The number of hydrogen-bond acceptors (Lipinski definition) is 7. The maximum Gasteiger partial charge on any atom is 0.153 e. The molecule has 6 nitrogen and oxygen atoms in total. The van der Waals surface area contributed by atoms with E-state index in [1.54, 1.807) is 0 Å². The Bertz CT molecular complexity index is 565. The first-order chi connectivity index (χ1) is 10.5. The van der Waals surface area contributed by atoms with Gasteiger partial charge in [-0.1, -0.05) is 13.8 Å². The van der Waals surface area contributed by atoms with Crippen molar-refractivity contribution >= 4 is 29.5 Å². The molecular weight excluding hydrogens is 298 g/mol. The summed E-state index contributed by atoms with van der Waals surface area (Å²) < 4.78 is 0. The Morgan fingerprint density at radius 3 is 3.00 bits per heavy atom. The maximum atomic E-state index is 10.3. The number of β-amino-alcohol motifs (C(OH)–C–C–N with tert-alkyl or cyclic N) is 1. The van der Waals surface area contributed by atoms with Crippen LogP contribution < -0.4 is 5.73 Å². The summed E-state index contributed by atoms with van der Waals surface area (Å²) in [6.45, 7) is 6.87. The molecule has 1 unspecified atom stereocenters. The summed E-state index contributed by atoms with van der Waals surface area (Å²) in [7, 11) is 0. The number of nitrogens with two attached hydrogens (primary N) is 1. The van der Waals surface area contributed by atoms with Gasteiger partial charge in [-0.3, -0.25) is 9.89 Å². The molecule has 3 rings (SSSR count). The highest BCUT2D eigenvalue weighted by Crippen LogP contribution is 2.35. The second kappa shape index (κ2) is 6.52. The van der Waals surface area contributed by atoms with E-state index in [0.29, 0.717) is 22.7 Å². The third-order valence-electron chi connectivity index (χ3n) is 4.19. The average molecular weight is 321 g/mol. The molecule has 1 aromatic rings. The van der Waals surface area contributed by atoms with Crippen LogP contribution >= 0.6 is 11.8 Å². The van der Waals surface area contributed by atoms with Gasteiger partial charge in [0.25, 0.3) is 0 Å². The van der Waals surface area contributed by atoms with E-state index in [2.05, 4.69) is 33.7 Å². The Labute approximate surface area is 135 Å². The minimum Gasteiger partial charge on any atom is -0.391 e. The standard InChI is InChI=1S/C15H23N5OS/c1-9(2)22-7-11-5-20(6-12(11)21)4-10-3-17-14-13(10)18-8-19-15(14)16/h3,8-12,21H,4-7H2,1-2H3,(H2,16,18,19)/t10?,11-,12+/m1/s1. The molecule has 0 amide bonds. The van der Waals surface area contributed by atoms with Crippen molar-refractivity contribution in [3.8, 4) is 0 Å². The molecule has 1 fully saturated rings. The summed E-state index contributed by atoms with van der Waals surface area (Å²) in [6, 6.07) is 0. The largest absolute Gasteiger partial charge is 0.391 e. The number of fused-ring (bicyclic) bond motifs is 1. The lowest BCUT2D eigenvalue weighted by atomic mass is 10.1. The zero-order chi connectivity index (χ0) is 15.7. The van der Waals surface area contributed by atoms with E-state index in [1.807, 2.05) is 18.0 Å². The molecular formula is C15H23N5OS. The quantitative estimate of drug-likeness (QED) is 0.850. The Balaban J connectivity index is 1.60. The molecule has 0 saturated carbocycles. The number of aliphatic hydroxyl groups excluding tert-OH is 1. The Hall–Kier alpha value is -1.18. The highest BCUT2D eigenvalue weighted by atomic mass is 32.2. The number of nitrogens with zero attached hydrogens (tertiary/aromatic N) is 4. The third-order valence-corrected chi connectivity index (χ3v) is 5.48. The number of aromatic nitrogens is 2. The Morgan fingerprint density at radius 2 is 2.23 bits per heavy atom. The van der Waals surface area contributed by atoms with Gasteiger partial charge in [0.05, 0.1) is 17.7 Å². The molecule has 0 aliphatic carbocycles. The van der Waals surface area contributed by atoms with Gasteiger partial charge in [0, 0.05) is 37.5 Å².